The minimum atomic E-state index is -0.0898. The van der Waals surface area contributed by atoms with Crippen molar-refractivity contribution in [3.63, 3.8) is 0 Å². The molecule has 0 unspecified atom stereocenters. The number of fused-ring (bicyclic) bond motifs is 1. The Morgan fingerprint density at radius 3 is 2.78 bits per heavy atom. The number of methoxy groups -OCH3 is 1. The molecule has 0 aliphatic carbocycles. The molecule has 0 aromatic heterocycles. The molecule has 3 rings (SSSR count). The Balaban J connectivity index is 1.90. The van der Waals surface area contributed by atoms with Crippen molar-refractivity contribution in [2.75, 3.05) is 20.3 Å². The summed E-state index contributed by atoms with van der Waals surface area (Å²) in [5.41, 5.74) is 1.22. The zero-order valence-corrected chi connectivity index (χ0v) is 10.4. The highest BCUT2D eigenvalue weighted by molar-refractivity contribution is 5.88. The summed E-state index contributed by atoms with van der Waals surface area (Å²) in [4.78, 5) is 0. The van der Waals surface area contributed by atoms with Crippen LogP contribution in [0.25, 0.3) is 10.8 Å². The van der Waals surface area contributed by atoms with Gasteiger partial charge in [-0.15, -0.1) is 0 Å². The van der Waals surface area contributed by atoms with Gasteiger partial charge in [0.15, 0.2) is 6.29 Å². The molecule has 18 heavy (non-hydrogen) atoms. The Morgan fingerprint density at radius 1 is 1.17 bits per heavy atom. The van der Waals surface area contributed by atoms with Gasteiger partial charge in [0.1, 0.15) is 5.75 Å². The molecule has 2 aromatic carbocycles. The largest absolute Gasteiger partial charge is 0.496 e. The highest BCUT2D eigenvalue weighted by Gasteiger charge is 2.16. The van der Waals surface area contributed by atoms with Crippen molar-refractivity contribution in [2.24, 2.45) is 0 Å². The highest BCUT2D eigenvalue weighted by Crippen LogP contribution is 2.26. The molecule has 1 fully saturated rings. The third kappa shape index (κ3) is 2.19. The number of ether oxygens (including phenoxy) is 3. The Kier molecular flexibility index (Phi) is 3.17. The first-order valence-electron chi connectivity index (χ1n) is 6.15. The van der Waals surface area contributed by atoms with E-state index >= 15 is 0 Å². The Morgan fingerprint density at radius 2 is 2.00 bits per heavy atom. The van der Waals surface area contributed by atoms with Crippen molar-refractivity contribution in [1.82, 2.24) is 0 Å². The number of hydrogen-bond donors (Lipinski definition) is 0. The Labute approximate surface area is 106 Å². The summed E-state index contributed by atoms with van der Waals surface area (Å²) in [7, 11) is 1.70. The summed E-state index contributed by atoms with van der Waals surface area (Å²) in [6.07, 6.45) is 0.709. The van der Waals surface area contributed by atoms with Crippen molar-refractivity contribution in [1.29, 1.82) is 0 Å². The topological polar surface area (TPSA) is 27.7 Å². The molecule has 0 saturated carbocycles. The number of benzene rings is 2. The minimum absolute atomic E-state index is 0.0898. The van der Waals surface area contributed by atoms with Crippen molar-refractivity contribution in [2.45, 2.75) is 12.7 Å². The van der Waals surface area contributed by atoms with E-state index < -0.39 is 0 Å². The second-order valence-corrected chi connectivity index (χ2v) is 4.39. The van der Waals surface area contributed by atoms with Crippen LogP contribution >= 0.6 is 0 Å². The molecular weight excluding hydrogens is 228 g/mol. The Bertz CT molecular complexity index is 544. The lowest BCUT2D eigenvalue weighted by Gasteiger charge is -2.10. The average Bonchev–Trinajstić information content (AvgIpc) is 2.90. The summed E-state index contributed by atoms with van der Waals surface area (Å²) in [5.74, 6) is 0.910. The number of rotatable bonds is 3. The molecule has 3 nitrogen and oxygen atoms in total. The summed E-state index contributed by atoms with van der Waals surface area (Å²) in [5, 5.41) is 2.32. The van der Waals surface area contributed by atoms with Crippen LogP contribution in [0.15, 0.2) is 36.4 Å². The van der Waals surface area contributed by atoms with Crippen LogP contribution in [0.1, 0.15) is 5.56 Å². The van der Waals surface area contributed by atoms with Gasteiger partial charge in [0.25, 0.3) is 0 Å². The van der Waals surface area contributed by atoms with Gasteiger partial charge >= 0.3 is 0 Å². The monoisotopic (exact) mass is 244 g/mol. The first kappa shape index (κ1) is 11.5. The summed E-state index contributed by atoms with van der Waals surface area (Å²) < 4.78 is 16.3. The Hall–Kier alpha value is -1.58. The second kappa shape index (κ2) is 4.96. The fourth-order valence-electron chi connectivity index (χ4n) is 2.33. The first-order valence-corrected chi connectivity index (χ1v) is 6.15. The van der Waals surface area contributed by atoms with Crippen LogP contribution in [0.3, 0.4) is 0 Å². The smallest absolute Gasteiger partial charge is 0.161 e. The predicted octanol–water partition coefficient (Wildman–Crippen LogP) is 2.76. The van der Waals surface area contributed by atoms with Gasteiger partial charge in [0.05, 0.1) is 20.3 Å². The van der Waals surface area contributed by atoms with Crippen molar-refractivity contribution in [3.05, 3.63) is 42.0 Å². The molecule has 0 bridgehead atoms. The van der Waals surface area contributed by atoms with Crippen LogP contribution in [0.5, 0.6) is 5.75 Å². The number of hydrogen-bond acceptors (Lipinski definition) is 3. The van der Waals surface area contributed by atoms with E-state index in [4.69, 9.17) is 14.2 Å². The molecule has 0 N–H and O–H groups in total. The lowest BCUT2D eigenvalue weighted by atomic mass is 10.0. The molecule has 0 radical (unpaired) electrons. The van der Waals surface area contributed by atoms with Crippen LogP contribution in [0.2, 0.25) is 0 Å². The molecule has 1 aliphatic heterocycles. The van der Waals surface area contributed by atoms with E-state index in [1.54, 1.807) is 7.11 Å². The fourth-order valence-corrected chi connectivity index (χ4v) is 2.33. The van der Waals surface area contributed by atoms with Gasteiger partial charge < -0.3 is 14.2 Å². The molecule has 1 aliphatic rings. The zero-order valence-electron chi connectivity index (χ0n) is 10.4. The van der Waals surface area contributed by atoms with Gasteiger partial charge in [0.2, 0.25) is 0 Å². The van der Waals surface area contributed by atoms with E-state index in [1.165, 1.54) is 10.9 Å². The molecule has 0 atom stereocenters. The van der Waals surface area contributed by atoms with E-state index in [-0.39, 0.29) is 6.29 Å². The summed E-state index contributed by atoms with van der Waals surface area (Å²) >= 11 is 0. The SMILES string of the molecule is COc1cccc2cc(CC3OCCO3)ccc12. The lowest BCUT2D eigenvalue weighted by Crippen LogP contribution is -2.11. The molecule has 3 heteroatoms. The fraction of sp³-hybridized carbons (Fsp3) is 0.333. The maximum atomic E-state index is 5.47. The third-order valence-corrected chi connectivity index (χ3v) is 3.22. The zero-order chi connectivity index (χ0) is 12.4. The quantitative estimate of drug-likeness (QED) is 0.831. The molecule has 1 saturated heterocycles. The summed E-state index contributed by atoms with van der Waals surface area (Å²) in [6, 6.07) is 12.5. The van der Waals surface area contributed by atoms with E-state index in [2.05, 4.69) is 24.3 Å². The minimum Gasteiger partial charge on any atom is -0.496 e. The van der Waals surface area contributed by atoms with Crippen molar-refractivity contribution >= 4 is 10.8 Å². The van der Waals surface area contributed by atoms with Gasteiger partial charge in [-0.2, -0.15) is 0 Å². The van der Waals surface area contributed by atoms with Gasteiger partial charge in [-0.1, -0.05) is 30.3 Å². The normalized spacial score (nSPS) is 16.3. The predicted molar refractivity (Wildman–Crippen MR) is 69.9 cm³/mol. The van der Waals surface area contributed by atoms with Crippen molar-refractivity contribution < 1.29 is 14.2 Å². The molecular formula is C15H16O3. The van der Waals surface area contributed by atoms with Crippen LogP contribution in [-0.4, -0.2) is 26.6 Å². The molecule has 0 spiro atoms. The maximum Gasteiger partial charge on any atom is 0.161 e. The van der Waals surface area contributed by atoms with E-state index in [0.717, 1.165) is 17.6 Å². The van der Waals surface area contributed by atoms with Gasteiger partial charge in [0, 0.05) is 11.8 Å². The van der Waals surface area contributed by atoms with Crippen LogP contribution in [0, 0.1) is 0 Å². The molecule has 2 aromatic rings. The lowest BCUT2D eigenvalue weighted by molar-refractivity contribution is -0.0399. The van der Waals surface area contributed by atoms with Crippen LogP contribution in [0.4, 0.5) is 0 Å². The average molecular weight is 244 g/mol. The van der Waals surface area contributed by atoms with E-state index in [9.17, 15) is 0 Å². The maximum absolute atomic E-state index is 5.47. The van der Waals surface area contributed by atoms with Gasteiger partial charge in [-0.3, -0.25) is 0 Å². The summed E-state index contributed by atoms with van der Waals surface area (Å²) in [6.45, 7) is 1.40. The third-order valence-electron chi connectivity index (χ3n) is 3.22. The van der Waals surface area contributed by atoms with E-state index in [1.807, 2.05) is 12.1 Å². The molecule has 94 valence electrons. The van der Waals surface area contributed by atoms with E-state index in [0.29, 0.717) is 13.2 Å². The highest BCUT2D eigenvalue weighted by atomic mass is 16.7. The molecule has 0 amide bonds. The van der Waals surface area contributed by atoms with Crippen LogP contribution < -0.4 is 4.74 Å². The first-order chi connectivity index (χ1) is 8.86. The standard InChI is InChI=1S/C15H16O3/c1-16-14-4-2-3-12-9-11(5-6-13(12)14)10-15-17-7-8-18-15/h2-6,9,15H,7-8,10H2,1H3. The van der Waals surface area contributed by atoms with Gasteiger partial charge in [-0.05, 0) is 17.0 Å². The van der Waals surface area contributed by atoms with Crippen molar-refractivity contribution in [3.8, 4) is 5.75 Å². The second-order valence-electron chi connectivity index (χ2n) is 4.39. The van der Waals surface area contributed by atoms with Gasteiger partial charge in [-0.25, -0.2) is 0 Å². The molecule has 1 heterocycles. The van der Waals surface area contributed by atoms with Crippen LogP contribution in [-0.2, 0) is 15.9 Å².